The van der Waals surface area contributed by atoms with E-state index in [9.17, 15) is 10.2 Å². The zero-order chi connectivity index (χ0) is 13.8. The van der Waals surface area contributed by atoms with E-state index in [1.165, 1.54) is 5.30 Å². The van der Waals surface area contributed by atoms with E-state index in [1.54, 1.807) is 6.07 Å². The fourth-order valence-electron chi connectivity index (χ4n) is 2.13. The quantitative estimate of drug-likeness (QED) is 0.840. The molecule has 2 rings (SSSR count). The van der Waals surface area contributed by atoms with Crippen LogP contribution in [0.2, 0.25) is 0 Å². The van der Waals surface area contributed by atoms with E-state index < -0.39 is 0 Å². The van der Waals surface area contributed by atoms with Crippen LogP contribution in [0.1, 0.15) is 29.3 Å². The smallest absolute Gasteiger partial charge is 0.119 e. The van der Waals surface area contributed by atoms with E-state index in [2.05, 4.69) is 6.92 Å². The summed E-state index contributed by atoms with van der Waals surface area (Å²) in [7, 11) is 0.534. The summed E-state index contributed by atoms with van der Waals surface area (Å²) in [5.41, 5.74) is 3.35. The molecule has 2 atom stereocenters. The van der Waals surface area contributed by atoms with E-state index in [0.717, 1.165) is 16.7 Å². The van der Waals surface area contributed by atoms with Crippen LogP contribution in [0.5, 0.6) is 5.75 Å². The zero-order valence-electron chi connectivity index (χ0n) is 11.2. The van der Waals surface area contributed by atoms with E-state index in [1.807, 2.05) is 43.3 Å². The van der Waals surface area contributed by atoms with Crippen molar-refractivity contribution in [3.05, 3.63) is 59.2 Å². The fourth-order valence-corrected chi connectivity index (χ4v) is 3.52. The van der Waals surface area contributed by atoms with Gasteiger partial charge in [-0.3, -0.25) is 0 Å². The highest BCUT2D eigenvalue weighted by atomic mass is 31.1. The molecule has 2 unspecified atom stereocenters. The lowest BCUT2D eigenvalue weighted by molar-refractivity contribution is 0.283. The number of phenolic OH excluding ortho intramolecular Hbond substituents is 1. The summed E-state index contributed by atoms with van der Waals surface area (Å²) in [6, 6.07) is 13.6. The Balaban J connectivity index is 2.25. The second-order valence-electron chi connectivity index (χ2n) is 4.74. The molecule has 2 aromatic carbocycles. The number of aromatic hydroxyl groups is 1. The maximum Gasteiger partial charge on any atom is 0.119 e. The molecule has 0 saturated carbocycles. The Bertz CT molecular complexity index is 566. The number of phenols is 1. The summed E-state index contributed by atoms with van der Waals surface area (Å²) in [6.45, 7) is 4.21. The molecule has 19 heavy (non-hydrogen) atoms. The summed E-state index contributed by atoms with van der Waals surface area (Å²) < 4.78 is 0. The zero-order valence-corrected chi connectivity index (χ0v) is 12.2. The van der Waals surface area contributed by atoms with Gasteiger partial charge in [-0.05, 0) is 23.9 Å². The van der Waals surface area contributed by atoms with Gasteiger partial charge in [-0.1, -0.05) is 57.5 Å². The topological polar surface area (TPSA) is 40.5 Å². The maximum atomic E-state index is 9.96. The molecule has 0 saturated heterocycles. The highest BCUT2D eigenvalue weighted by Crippen LogP contribution is 2.38. The second kappa shape index (κ2) is 6.18. The number of aliphatic hydroxyl groups is 1. The minimum Gasteiger partial charge on any atom is -0.508 e. The molecule has 0 aromatic heterocycles. The monoisotopic (exact) mass is 274 g/mol. The van der Waals surface area contributed by atoms with Gasteiger partial charge in [0.15, 0.2) is 0 Å². The largest absolute Gasteiger partial charge is 0.508 e. The lowest BCUT2D eigenvalue weighted by Crippen LogP contribution is -2.05. The van der Waals surface area contributed by atoms with Crippen LogP contribution in [-0.2, 0) is 6.61 Å². The first-order chi connectivity index (χ1) is 9.11. The van der Waals surface area contributed by atoms with Gasteiger partial charge in [-0.25, -0.2) is 0 Å². The Morgan fingerprint density at radius 3 is 2.63 bits per heavy atom. The summed E-state index contributed by atoms with van der Waals surface area (Å²) in [4.78, 5) is 0. The summed E-state index contributed by atoms with van der Waals surface area (Å²) >= 11 is 0. The number of hydrogen-bond donors (Lipinski definition) is 2. The average molecular weight is 274 g/mol. The van der Waals surface area contributed by atoms with Gasteiger partial charge in [0.25, 0.3) is 0 Å². The molecule has 3 heteroatoms. The predicted octanol–water partition coefficient (Wildman–Crippen LogP) is 3.26. The Morgan fingerprint density at radius 1 is 1.16 bits per heavy atom. The molecule has 0 bridgehead atoms. The highest BCUT2D eigenvalue weighted by Gasteiger charge is 2.13. The highest BCUT2D eigenvalue weighted by molar-refractivity contribution is 7.47. The first-order valence-electron chi connectivity index (χ1n) is 6.36. The van der Waals surface area contributed by atoms with E-state index in [0.29, 0.717) is 14.3 Å². The summed E-state index contributed by atoms with van der Waals surface area (Å²) in [6.07, 6.45) is 0. The lowest BCUT2D eigenvalue weighted by Gasteiger charge is -2.16. The van der Waals surface area contributed by atoms with Gasteiger partial charge >= 0.3 is 0 Å². The Morgan fingerprint density at radius 2 is 1.89 bits per heavy atom. The Kier molecular flexibility index (Phi) is 4.57. The minimum atomic E-state index is 0.0652. The van der Waals surface area contributed by atoms with Crippen molar-refractivity contribution in [3.63, 3.8) is 0 Å². The number of rotatable bonds is 4. The van der Waals surface area contributed by atoms with Gasteiger partial charge in [0.1, 0.15) is 5.75 Å². The van der Waals surface area contributed by atoms with Crippen molar-refractivity contribution in [1.82, 2.24) is 0 Å². The minimum absolute atomic E-state index is 0.0652. The molecular formula is C16H19O2P. The van der Waals surface area contributed by atoms with Gasteiger partial charge in [0.05, 0.1) is 6.61 Å². The molecule has 0 spiro atoms. The van der Waals surface area contributed by atoms with E-state index in [4.69, 9.17) is 0 Å². The summed E-state index contributed by atoms with van der Waals surface area (Å²) in [5.74, 6) is 0.354. The van der Waals surface area contributed by atoms with Crippen molar-refractivity contribution in [3.8, 4) is 5.75 Å². The summed E-state index contributed by atoms with van der Waals surface area (Å²) in [5, 5.41) is 20.5. The van der Waals surface area contributed by atoms with Crippen LogP contribution < -0.4 is 5.30 Å². The van der Waals surface area contributed by atoms with Gasteiger partial charge in [-0.15, -0.1) is 0 Å². The molecule has 0 heterocycles. The van der Waals surface area contributed by atoms with Crippen LogP contribution in [-0.4, -0.2) is 10.2 Å². The molecule has 0 fully saturated rings. The van der Waals surface area contributed by atoms with Crippen LogP contribution in [0.15, 0.2) is 42.5 Å². The van der Waals surface area contributed by atoms with Crippen LogP contribution in [0.4, 0.5) is 0 Å². The molecule has 0 aliphatic heterocycles. The van der Waals surface area contributed by atoms with Crippen LogP contribution in [0.25, 0.3) is 0 Å². The van der Waals surface area contributed by atoms with Crippen LogP contribution >= 0.6 is 8.58 Å². The first-order valence-corrected chi connectivity index (χ1v) is 7.44. The van der Waals surface area contributed by atoms with Crippen LogP contribution in [0.3, 0.4) is 0 Å². The van der Waals surface area contributed by atoms with Crippen LogP contribution in [0, 0.1) is 6.92 Å². The SMILES string of the molecule is Cc1ccc(O)c(C(C)Pc2ccccc2CO)c1. The standard InChI is InChI=1S/C16H19O2P/c1-11-7-8-15(18)14(9-11)12(2)19-16-6-4-3-5-13(16)10-17/h3-9,12,17-19H,10H2,1-2H3. The Hall–Kier alpha value is -1.37. The van der Waals surface area contributed by atoms with Gasteiger partial charge in [0.2, 0.25) is 0 Å². The van der Waals surface area contributed by atoms with Gasteiger partial charge in [0, 0.05) is 11.2 Å². The molecule has 0 aliphatic carbocycles. The Labute approximate surface area is 115 Å². The molecule has 2 aromatic rings. The number of hydrogen-bond acceptors (Lipinski definition) is 2. The van der Waals surface area contributed by atoms with Gasteiger partial charge in [-0.2, -0.15) is 0 Å². The third-order valence-corrected chi connectivity index (χ3v) is 4.75. The number of benzene rings is 2. The lowest BCUT2D eigenvalue weighted by atomic mass is 10.1. The second-order valence-corrected chi connectivity index (χ2v) is 6.44. The third-order valence-electron chi connectivity index (χ3n) is 3.21. The van der Waals surface area contributed by atoms with Gasteiger partial charge < -0.3 is 10.2 Å². The van der Waals surface area contributed by atoms with Crippen molar-refractivity contribution in [1.29, 1.82) is 0 Å². The third kappa shape index (κ3) is 3.34. The number of aliphatic hydroxyl groups excluding tert-OH is 1. The van der Waals surface area contributed by atoms with Crippen molar-refractivity contribution < 1.29 is 10.2 Å². The molecule has 100 valence electrons. The molecule has 0 radical (unpaired) electrons. The molecule has 0 amide bonds. The van der Waals surface area contributed by atoms with E-state index >= 15 is 0 Å². The normalized spacial score (nSPS) is 13.0. The first kappa shape index (κ1) is 14.0. The van der Waals surface area contributed by atoms with E-state index in [-0.39, 0.29) is 12.3 Å². The predicted molar refractivity (Wildman–Crippen MR) is 81.6 cm³/mol. The average Bonchev–Trinajstić information content (AvgIpc) is 2.42. The maximum absolute atomic E-state index is 9.96. The van der Waals surface area contributed by atoms with Crippen molar-refractivity contribution in [2.24, 2.45) is 0 Å². The molecular weight excluding hydrogens is 255 g/mol. The molecule has 2 N–H and O–H groups in total. The molecule has 2 nitrogen and oxygen atoms in total. The van der Waals surface area contributed by atoms with Crippen molar-refractivity contribution >= 4 is 13.9 Å². The fraction of sp³-hybridized carbons (Fsp3) is 0.250. The molecule has 0 aliphatic rings. The number of aryl methyl sites for hydroxylation is 1. The van der Waals surface area contributed by atoms with Crippen molar-refractivity contribution in [2.75, 3.05) is 0 Å². The van der Waals surface area contributed by atoms with Crippen molar-refractivity contribution in [2.45, 2.75) is 26.1 Å².